The van der Waals surface area contributed by atoms with Gasteiger partial charge in [-0.25, -0.2) is 0 Å². The first-order chi connectivity index (χ1) is 8.87. The number of nitrogens with two attached hydrogens (primary N) is 1. The van der Waals surface area contributed by atoms with E-state index in [4.69, 9.17) is 17.3 Å². The number of benzene rings is 1. The van der Waals surface area contributed by atoms with Crippen molar-refractivity contribution in [2.75, 3.05) is 14.1 Å². The highest BCUT2D eigenvalue weighted by atomic mass is 35.5. The number of halogens is 1. The smallest absolute Gasteiger partial charge is 0.0441 e. The summed E-state index contributed by atoms with van der Waals surface area (Å²) in [6.07, 6.45) is 2.90. The molecule has 0 spiro atoms. The second kappa shape index (κ2) is 6.74. The van der Waals surface area contributed by atoms with Crippen molar-refractivity contribution in [3.8, 4) is 0 Å². The van der Waals surface area contributed by atoms with Crippen LogP contribution in [0.3, 0.4) is 0 Å². The Balaban J connectivity index is 2.96. The topological polar surface area (TPSA) is 29.3 Å². The fraction of sp³-hybridized carbons (Fsp3) is 0.625. The van der Waals surface area contributed by atoms with Crippen molar-refractivity contribution in [2.24, 2.45) is 5.73 Å². The Bertz CT molecular complexity index is 411. The van der Waals surface area contributed by atoms with Crippen molar-refractivity contribution >= 4 is 11.6 Å². The number of hydrogen-bond donors (Lipinski definition) is 1. The quantitative estimate of drug-likeness (QED) is 0.863. The van der Waals surface area contributed by atoms with Gasteiger partial charge in [-0.2, -0.15) is 0 Å². The van der Waals surface area contributed by atoms with Crippen molar-refractivity contribution in [3.63, 3.8) is 0 Å². The van der Waals surface area contributed by atoms with Gasteiger partial charge in [0, 0.05) is 16.6 Å². The number of hydrogen-bond acceptors (Lipinski definition) is 2. The van der Waals surface area contributed by atoms with Crippen molar-refractivity contribution in [3.05, 3.63) is 34.3 Å². The number of aryl methyl sites for hydroxylation is 1. The molecule has 1 aromatic rings. The van der Waals surface area contributed by atoms with Crippen LogP contribution in [-0.2, 0) is 6.42 Å². The molecule has 0 radical (unpaired) electrons. The highest BCUT2D eigenvalue weighted by molar-refractivity contribution is 6.31. The van der Waals surface area contributed by atoms with Crippen molar-refractivity contribution in [1.29, 1.82) is 0 Å². The maximum absolute atomic E-state index is 6.51. The second-order valence-electron chi connectivity index (χ2n) is 5.61. The second-order valence-corrected chi connectivity index (χ2v) is 6.02. The molecule has 0 amide bonds. The van der Waals surface area contributed by atoms with E-state index in [0.29, 0.717) is 0 Å². The third kappa shape index (κ3) is 3.50. The third-order valence-corrected chi connectivity index (χ3v) is 4.81. The Kier molecular flexibility index (Phi) is 5.84. The molecule has 2 nitrogen and oxygen atoms in total. The van der Waals surface area contributed by atoms with Gasteiger partial charge in [-0.15, -0.1) is 0 Å². The SMILES string of the molecule is CCC(CC)(C(N)Cc1ccc(C)cc1Cl)N(C)C. The summed E-state index contributed by atoms with van der Waals surface area (Å²) in [5, 5.41) is 0.829. The van der Waals surface area contributed by atoms with Gasteiger partial charge in [-0.1, -0.05) is 37.6 Å². The Morgan fingerprint density at radius 1 is 1.26 bits per heavy atom. The van der Waals surface area contributed by atoms with E-state index in [1.165, 1.54) is 5.56 Å². The normalized spacial score (nSPS) is 13.9. The lowest BCUT2D eigenvalue weighted by Crippen LogP contribution is -2.57. The van der Waals surface area contributed by atoms with E-state index in [-0.39, 0.29) is 11.6 Å². The van der Waals surface area contributed by atoms with Crippen LogP contribution in [0.25, 0.3) is 0 Å². The first-order valence-electron chi connectivity index (χ1n) is 7.05. The lowest BCUT2D eigenvalue weighted by Gasteiger charge is -2.43. The predicted octanol–water partition coefficient (Wildman–Crippen LogP) is 3.64. The molecule has 1 atom stereocenters. The third-order valence-electron chi connectivity index (χ3n) is 4.45. The lowest BCUT2D eigenvalue weighted by molar-refractivity contribution is 0.105. The van der Waals surface area contributed by atoms with Crippen LogP contribution < -0.4 is 5.73 Å². The van der Waals surface area contributed by atoms with Crippen LogP contribution in [0.5, 0.6) is 0 Å². The van der Waals surface area contributed by atoms with Gasteiger partial charge in [-0.05, 0) is 57.5 Å². The van der Waals surface area contributed by atoms with Gasteiger partial charge in [0.2, 0.25) is 0 Å². The average Bonchev–Trinajstić information content (AvgIpc) is 2.34. The van der Waals surface area contributed by atoms with Gasteiger partial charge >= 0.3 is 0 Å². The molecule has 0 bridgehead atoms. The maximum atomic E-state index is 6.51. The summed E-state index contributed by atoms with van der Waals surface area (Å²) in [6.45, 7) is 6.47. The average molecular weight is 283 g/mol. The summed E-state index contributed by atoms with van der Waals surface area (Å²) in [5.74, 6) is 0. The minimum atomic E-state index is 0.0359. The zero-order valence-electron chi connectivity index (χ0n) is 12.8. The molecule has 108 valence electrons. The zero-order valence-corrected chi connectivity index (χ0v) is 13.6. The van der Waals surface area contributed by atoms with E-state index in [2.05, 4.69) is 51.9 Å². The summed E-state index contributed by atoms with van der Waals surface area (Å²) in [7, 11) is 4.23. The first kappa shape index (κ1) is 16.5. The predicted molar refractivity (Wildman–Crippen MR) is 84.9 cm³/mol. The highest BCUT2D eigenvalue weighted by Gasteiger charge is 2.35. The molecule has 0 saturated heterocycles. The summed E-state index contributed by atoms with van der Waals surface area (Å²) in [6, 6.07) is 6.29. The van der Waals surface area contributed by atoms with Crippen LogP contribution in [0.15, 0.2) is 18.2 Å². The van der Waals surface area contributed by atoms with Crippen LogP contribution in [0.1, 0.15) is 37.8 Å². The van der Waals surface area contributed by atoms with Gasteiger partial charge in [0.15, 0.2) is 0 Å². The Morgan fingerprint density at radius 3 is 2.26 bits per heavy atom. The summed E-state index contributed by atoms with van der Waals surface area (Å²) in [4.78, 5) is 2.26. The molecule has 19 heavy (non-hydrogen) atoms. The number of likely N-dealkylation sites (N-methyl/N-ethyl adjacent to an activating group) is 1. The molecule has 1 aromatic carbocycles. The number of nitrogens with zero attached hydrogens (tertiary/aromatic N) is 1. The molecular weight excluding hydrogens is 256 g/mol. The summed E-state index contributed by atoms with van der Waals surface area (Å²) < 4.78 is 0. The van der Waals surface area contributed by atoms with Crippen LogP contribution in [-0.4, -0.2) is 30.6 Å². The van der Waals surface area contributed by atoms with Gasteiger partial charge in [0.25, 0.3) is 0 Å². The molecule has 0 aliphatic heterocycles. The molecule has 0 aliphatic rings. The van der Waals surface area contributed by atoms with Gasteiger partial charge in [0.1, 0.15) is 0 Å². The van der Waals surface area contributed by atoms with E-state index in [1.807, 2.05) is 6.07 Å². The van der Waals surface area contributed by atoms with Crippen molar-refractivity contribution < 1.29 is 0 Å². The number of rotatable bonds is 6. The fourth-order valence-corrected chi connectivity index (χ4v) is 3.30. The minimum Gasteiger partial charge on any atom is -0.326 e. The maximum Gasteiger partial charge on any atom is 0.0441 e. The molecule has 0 aliphatic carbocycles. The van der Waals surface area contributed by atoms with Gasteiger partial charge in [-0.3, -0.25) is 0 Å². The molecule has 0 saturated carbocycles. The van der Waals surface area contributed by atoms with E-state index in [9.17, 15) is 0 Å². The molecule has 3 heteroatoms. The van der Waals surface area contributed by atoms with Gasteiger partial charge < -0.3 is 10.6 Å². The van der Waals surface area contributed by atoms with Crippen molar-refractivity contribution in [2.45, 2.75) is 51.6 Å². The standard InChI is InChI=1S/C16H27ClN2/c1-6-16(7-2,19(4)5)15(18)11-13-9-8-12(3)10-14(13)17/h8-10,15H,6-7,11,18H2,1-5H3. The van der Waals surface area contributed by atoms with Crippen LogP contribution in [0, 0.1) is 6.92 Å². The zero-order chi connectivity index (χ0) is 14.6. The van der Waals surface area contributed by atoms with E-state index >= 15 is 0 Å². The first-order valence-corrected chi connectivity index (χ1v) is 7.43. The largest absolute Gasteiger partial charge is 0.326 e. The minimum absolute atomic E-state index is 0.0359. The summed E-state index contributed by atoms with van der Waals surface area (Å²) >= 11 is 6.32. The Labute approximate surface area is 122 Å². The van der Waals surface area contributed by atoms with Crippen LogP contribution >= 0.6 is 11.6 Å². The Hall–Kier alpha value is -0.570. The van der Waals surface area contributed by atoms with Crippen molar-refractivity contribution in [1.82, 2.24) is 4.90 Å². The monoisotopic (exact) mass is 282 g/mol. The highest BCUT2D eigenvalue weighted by Crippen LogP contribution is 2.28. The summed E-state index contributed by atoms with van der Waals surface area (Å²) in [5.41, 5.74) is 8.88. The molecule has 2 N–H and O–H groups in total. The van der Waals surface area contributed by atoms with E-state index in [0.717, 1.165) is 29.8 Å². The Morgan fingerprint density at radius 2 is 1.84 bits per heavy atom. The molecule has 0 heterocycles. The molecule has 0 fully saturated rings. The van der Waals surface area contributed by atoms with Crippen LogP contribution in [0.2, 0.25) is 5.02 Å². The molecular formula is C16H27ClN2. The molecule has 0 aromatic heterocycles. The molecule has 1 rings (SSSR count). The van der Waals surface area contributed by atoms with Gasteiger partial charge in [0.05, 0.1) is 0 Å². The molecule has 1 unspecified atom stereocenters. The van der Waals surface area contributed by atoms with E-state index < -0.39 is 0 Å². The fourth-order valence-electron chi connectivity index (χ4n) is 2.98. The lowest BCUT2D eigenvalue weighted by atomic mass is 9.80. The van der Waals surface area contributed by atoms with Crippen LogP contribution in [0.4, 0.5) is 0 Å². The van der Waals surface area contributed by atoms with E-state index in [1.54, 1.807) is 0 Å².